The van der Waals surface area contributed by atoms with E-state index < -0.39 is 10.0 Å². The number of aryl methyl sites for hydroxylation is 1. The number of methoxy groups -OCH3 is 2. The van der Waals surface area contributed by atoms with Crippen molar-refractivity contribution >= 4 is 10.0 Å². The van der Waals surface area contributed by atoms with Crippen molar-refractivity contribution in [2.45, 2.75) is 19.2 Å². The molecule has 0 aromatic heterocycles. The third kappa shape index (κ3) is 5.26. The fourth-order valence-electron chi connectivity index (χ4n) is 2.23. The lowest BCUT2D eigenvalue weighted by molar-refractivity contribution is 0.393. The van der Waals surface area contributed by atoms with Gasteiger partial charge in [0.2, 0.25) is 10.0 Å². The van der Waals surface area contributed by atoms with Crippen LogP contribution in [-0.4, -0.2) is 22.6 Å². The second kappa shape index (κ2) is 7.48. The average molecular weight is 335 g/mol. The van der Waals surface area contributed by atoms with E-state index in [1.54, 1.807) is 38.5 Å². The molecule has 0 aliphatic carbocycles. The smallest absolute Gasteiger partial charge is 0.216 e. The highest BCUT2D eigenvalue weighted by Gasteiger charge is 2.12. The van der Waals surface area contributed by atoms with Gasteiger partial charge in [0.15, 0.2) is 0 Å². The Labute approximate surface area is 137 Å². The summed E-state index contributed by atoms with van der Waals surface area (Å²) in [5.41, 5.74) is 2.57. The lowest BCUT2D eigenvalue weighted by Gasteiger charge is -2.10. The lowest BCUT2D eigenvalue weighted by atomic mass is 10.2. The number of hydrogen-bond donors (Lipinski definition) is 1. The molecule has 6 heteroatoms. The third-order valence-electron chi connectivity index (χ3n) is 3.35. The summed E-state index contributed by atoms with van der Waals surface area (Å²) in [4.78, 5) is 0. The van der Waals surface area contributed by atoms with Crippen molar-refractivity contribution in [3.63, 3.8) is 0 Å². The first-order chi connectivity index (χ1) is 10.9. The maximum atomic E-state index is 12.2. The van der Waals surface area contributed by atoms with Crippen LogP contribution in [0.25, 0.3) is 0 Å². The summed E-state index contributed by atoms with van der Waals surface area (Å²) in [7, 11) is -0.308. The van der Waals surface area contributed by atoms with Gasteiger partial charge in [0, 0.05) is 12.6 Å². The molecule has 0 aliphatic heterocycles. The zero-order valence-electron chi connectivity index (χ0n) is 13.5. The molecule has 2 aromatic rings. The van der Waals surface area contributed by atoms with Crippen molar-refractivity contribution < 1.29 is 17.9 Å². The highest BCUT2D eigenvalue weighted by atomic mass is 32.2. The Morgan fingerprint density at radius 2 is 1.61 bits per heavy atom. The van der Waals surface area contributed by atoms with Gasteiger partial charge in [-0.15, -0.1) is 0 Å². The zero-order chi connectivity index (χ0) is 16.9. The van der Waals surface area contributed by atoms with Crippen molar-refractivity contribution in [3.05, 3.63) is 59.2 Å². The summed E-state index contributed by atoms with van der Waals surface area (Å²) in [5.74, 6) is 1.20. The van der Waals surface area contributed by atoms with Crippen LogP contribution in [0.3, 0.4) is 0 Å². The van der Waals surface area contributed by atoms with Gasteiger partial charge in [-0.3, -0.25) is 0 Å². The molecule has 1 N–H and O–H groups in total. The van der Waals surface area contributed by atoms with Gasteiger partial charge < -0.3 is 9.47 Å². The highest BCUT2D eigenvalue weighted by Crippen LogP contribution is 2.22. The van der Waals surface area contributed by atoms with E-state index in [1.165, 1.54) is 0 Å². The molecule has 124 valence electrons. The summed E-state index contributed by atoms with van der Waals surface area (Å²) >= 11 is 0. The van der Waals surface area contributed by atoms with Crippen molar-refractivity contribution in [2.24, 2.45) is 0 Å². The van der Waals surface area contributed by atoms with Crippen LogP contribution in [0, 0.1) is 6.92 Å². The fourth-order valence-corrected chi connectivity index (χ4v) is 3.34. The van der Waals surface area contributed by atoms with Crippen molar-refractivity contribution in [1.82, 2.24) is 4.72 Å². The van der Waals surface area contributed by atoms with Crippen LogP contribution in [0.1, 0.15) is 16.7 Å². The molecule has 0 heterocycles. The molecule has 0 atom stereocenters. The Morgan fingerprint density at radius 3 is 2.17 bits per heavy atom. The van der Waals surface area contributed by atoms with Gasteiger partial charge in [0.25, 0.3) is 0 Å². The van der Waals surface area contributed by atoms with Gasteiger partial charge in [0.05, 0.1) is 20.0 Å². The average Bonchev–Trinajstić information content (AvgIpc) is 2.52. The topological polar surface area (TPSA) is 64.6 Å². The van der Waals surface area contributed by atoms with Crippen LogP contribution in [0.4, 0.5) is 0 Å². The molecule has 0 radical (unpaired) electrons. The molecule has 0 amide bonds. The van der Waals surface area contributed by atoms with E-state index in [-0.39, 0.29) is 12.3 Å². The molecule has 0 bridgehead atoms. The van der Waals surface area contributed by atoms with E-state index in [0.717, 1.165) is 16.7 Å². The largest absolute Gasteiger partial charge is 0.497 e. The summed E-state index contributed by atoms with van der Waals surface area (Å²) in [6, 6.07) is 12.8. The molecule has 2 aromatic carbocycles. The van der Waals surface area contributed by atoms with Gasteiger partial charge in [-0.25, -0.2) is 13.1 Å². The number of benzene rings is 2. The van der Waals surface area contributed by atoms with E-state index in [1.807, 2.05) is 25.1 Å². The number of hydrogen-bond acceptors (Lipinski definition) is 4. The monoisotopic (exact) mass is 335 g/mol. The van der Waals surface area contributed by atoms with Crippen LogP contribution in [0.2, 0.25) is 0 Å². The predicted octanol–water partition coefficient (Wildman–Crippen LogP) is 2.63. The summed E-state index contributed by atoms with van der Waals surface area (Å²) < 4.78 is 37.4. The van der Waals surface area contributed by atoms with Crippen LogP contribution >= 0.6 is 0 Å². The number of nitrogens with one attached hydrogen (secondary N) is 1. The first-order valence-electron chi connectivity index (χ1n) is 7.16. The van der Waals surface area contributed by atoms with Gasteiger partial charge in [-0.2, -0.15) is 0 Å². The molecule has 23 heavy (non-hydrogen) atoms. The second-order valence-corrected chi connectivity index (χ2v) is 7.10. The van der Waals surface area contributed by atoms with Crippen LogP contribution < -0.4 is 14.2 Å². The lowest BCUT2D eigenvalue weighted by Crippen LogP contribution is -2.24. The molecular weight excluding hydrogens is 314 g/mol. The Bertz CT molecular complexity index is 750. The van der Waals surface area contributed by atoms with Gasteiger partial charge >= 0.3 is 0 Å². The molecule has 0 aliphatic rings. The van der Waals surface area contributed by atoms with Crippen molar-refractivity contribution in [1.29, 1.82) is 0 Å². The minimum atomic E-state index is -3.42. The number of ether oxygens (including phenoxy) is 2. The second-order valence-electron chi connectivity index (χ2n) is 5.29. The van der Waals surface area contributed by atoms with Crippen LogP contribution in [-0.2, 0) is 22.3 Å². The Kier molecular flexibility index (Phi) is 5.63. The van der Waals surface area contributed by atoms with E-state index in [4.69, 9.17) is 9.47 Å². The maximum absolute atomic E-state index is 12.2. The third-order valence-corrected chi connectivity index (χ3v) is 4.64. The molecule has 0 unspecified atom stereocenters. The highest BCUT2D eigenvalue weighted by molar-refractivity contribution is 7.88. The standard InChI is InChI=1S/C17H21NO4S/c1-13-5-4-6-14(7-13)12-23(19,20)18-11-15-8-16(21-2)10-17(9-15)22-3/h4-10,18H,11-12H2,1-3H3. The van der Waals surface area contributed by atoms with Gasteiger partial charge in [-0.05, 0) is 30.2 Å². The Morgan fingerprint density at radius 1 is 0.957 bits per heavy atom. The summed E-state index contributed by atoms with van der Waals surface area (Å²) in [6.45, 7) is 2.12. The van der Waals surface area contributed by atoms with Crippen molar-refractivity contribution in [2.75, 3.05) is 14.2 Å². The number of sulfonamides is 1. The molecule has 0 saturated carbocycles. The Balaban J connectivity index is 2.07. The quantitative estimate of drug-likeness (QED) is 0.845. The molecule has 2 rings (SSSR count). The van der Waals surface area contributed by atoms with E-state index in [9.17, 15) is 8.42 Å². The van der Waals surface area contributed by atoms with Gasteiger partial charge in [0.1, 0.15) is 11.5 Å². The van der Waals surface area contributed by atoms with E-state index in [2.05, 4.69) is 4.72 Å². The first-order valence-corrected chi connectivity index (χ1v) is 8.82. The molecular formula is C17H21NO4S. The normalized spacial score (nSPS) is 11.3. The van der Waals surface area contributed by atoms with Crippen LogP contribution in [0.5, 0.6) is 11.5 Å². The summed E-state index contributed by atoms with van der Waals surface area (Å²) in [5, 5.41) is 0. The zero-order valence-corrected chi connectivity index (χ0v) is 14.3. The van der Waals surface area contributed by atoms with E-state index >= 15 is 0 Å². The van der Waals surface area contributed by atoms with E-state index in [0.29, 0.717) is 11.5 Å². The maximum Gasteiger partial charge on any atom is 0.216 e. The summed E-state index contributed by atoms with van der Waals surface area (Å²) in [6.07, 6.45) is 0. The minimum absolute atomic E-state index is 0.0458. The fraction of sp³-hybridized carbons (Fsp3) is 0.294. The molecule has 0 fully saturated rings. The van der Waals surface area contributed by atoms with Gasteiger partial charge in [-0.1, -0.05) is 29.8 Å². The molecule has 0 saturated heterocycles. The minimum Gasteiger partial charge on any atom is -0.497 e. The molecule has 0 spiro atoms. The number of rotatable bonds is 7. The molecule has 5 nitrogen and oxygen atoms in total. The Hall–Kier alpha value is -2.05. The first kappa shape index (κ1) is 17.3. The van der Waals surface area contributed by atoms with Crippen molar-refractivity contribution in [3.8, 4) is 11.5 Å². The van der Waals surface area contributed by atoms with Crippen LogP contribution in [0.15, 0.2) is 42.5 Å². The predicted molar refractivity (Wildman–Crippen MR) is 90.2 cm³/mol. The SMILES string of the molecule is COc1cc(CNS(=O)(=O)Cc2cccc(C)c2)cc(OC)c1.